The third kappa shape index (κ3) is 4.52. The number of nitrogens with two attached hydrogens (primary N) is 1. The number of carbonyl (C=O) groups excluding carboxylic acids is 1. The first-order valence-electron chi connectivity index (χ1n) is 5.89. The first kappa shape index (κ1) is 14.8. The number of aromatic nitrogens is 1. The monoisotopic (exact) mass is 271 g/mol. The number of amides is 1. The van der Waals surface area contributed by atoms with Gasteiger partial charge >= 0.3 is 6.09 Å². The molecule has 0 radical (unpaired) electrons. The van der Waals surface area contributed by atoms with Gasteiger partial charge in [-0.2, -0.15) is 0 Å². The summed E-state index contributed by atoms with van der Waals surface area (Å²) >= 11 is 1.36. The fourth-order valence-electron chi connectivity index (χ4n) is 1.46. The molecule has 1 amide bonds. The van der Waals surface area contributed by atoms with Crippen LogP contribution in [0.4, 0.5) is 9.93 Å². The molecule has 5 nitrogen and oxygen atoms in total. The van der Waals surface area contributed by atoms with E-state index in [1.54, 1.807) is 0 Å². The van der Waals surface area contributed by atoms with Crippen LogP contribution in [0.1, 0.15) is 46.4 Å². The van der Waals surface area contributed by atoms with E-state index in [-0.39, 0.29) is 12.0 Å². The Morgan fingerprint density at radius 3 is 2.50 bits per heavy atom. The number of nitrogens with zero attached hydrogens (tertiary/aromatic N) is 1. The van der Waals surface area contributed by atoms with E-state index < -0.39 is 11.7 Å². The number of rotatable bonds is 3. The molecule has 0 aliphatic rings. The molecule has 0 fully saturated rings. The molecular formula is C12H21N3O2S. The number of thiazole rings is 1. The van der Waals surface area contributed by atoms with E-state index >= 15 is 0 Å². The number of anilines is 1. The standard InChI is InChI=1S/C12H21N3O2S/c1-7(2)9(8-6-18-10(13)14-8)15-11(16)17-12(3,4)5/h6-7,9H,1-5H3,(H2,13,14)(H,15,16). The molecule has 18 heavy (non-hydrogen) atoms. The molecule has 0 aliphatic carbocycles. The molecule has 0 saturated carbocycles. The Balaban J connectivity index is 2.73. The molecule has 3 N–H and O–H groups in total. The maximum atomic E-state index is 11.8. The van der Waals surface area contributed by atoms with Crippen molar-refractivity contribution in [3.8, 4) is 0 Å². The second kappa shape index (κ2) is 5.56. The van der Waals surface area contributed by atoms with Crippen LogP contribution in [0.15, 0.2) is 5.38 Å². The average molecular weight is 271 g/mol. The van der Waals surface area contributed by atoms with Crippen molar-refractivity contribution >= 4 is 22.6 Å². The number of nitrogens with one attached hydrogen (secondary N) is 1. The average Bonchev–Trinajstić information content (AvgIpc) is 2.57. The molecule has 0 saturated heterocycles. The van der Waals surface area contributed by atoms with Gasteiger partial charge in [0.25, 0.3) is 0 Å². The van der Waals surface area contributed by atoms with Crippen molar-refractivity contribution in [2.45, 2.75) is 46.3 Å². The highest BCUT2D eigenvalue weighted by Gasteiger charge is 2.24. The lowest BCUT2D eigenvalue weighted by Crippen LogP contribution is -2.37. The van der Waals surface area contributed by atoms with Crippen molar-refractivity contribution < 1.29 is 9.53 Å². The fourth-order valence-corrected chi connectivity index (χ4v) is 2.06. The number of carbonyl (C=O) groups is 1. The largest absolute Gasteiger partial charge is 0.444 e. The van der Waals surface area contributed by atoms with Gasteiger partial charge in [0.2, 0.25) is 0 Å². The van der Waals surface area contributed by atoms with E-state index in [2.05, 4.69) is 10.3 Å². The Morgan fingerprint density at radius 2 is 2.11 bits per heavy atom. The van der Waals surface area contributed by atoms with Crippen molar-refractivity contribution in [1.29, 1.82) is 0 Å². The molecule has 1 aromatic rings. The maximum Gasteiger partial charge on any atom is 0.408 e. The molecule has 0 spiro atoms. The minimum Gasteiger partial charge on any atom is -0.444 e. The van der Waals surface area contributed by atoms with Gasteiger partial charge in [-0.1, -0.05) is 13.8 Å². The van der Waals surface area contributed by atoms with Gasteiger partial charge in [-0.15, -0.1) is 11.3 Å². The third-order valence-electron chi connectivity index (χ3n) is 2.20. The van der Waals surface area contributed by atoms with E-state index in [0.29, 0.717) is 5.13 Å². The quantitative estimate of drug-likeness (QED) is 0.886. The molecule has 0 bridgehead atoms. The normalized spacial score (nSPS) is 13.4. The van der Waals surface area contributed by atoms with E-state index in [0.717, 1.165) is 5.69 Å². The van der Waals surface area contributed by atoms with Gasteiger partial charge in [-0.3, -0.25) is 0 Å². The van der Waals surface area contributed by atoms with Crippen LogP contribution in [-0.4, -0.2) is 16.7 Å². The Labute approximate surface area is 112 Å². The van der Waals surface area contributed by atoms with Crippen LogP contribution in [0.25, 0.3) is 0 Å². The van der Waals surface area contributed by atoms with Gasteiger partial charge < -0.3 is 15.8 Å². The van der Waals surface area contributed by atoms with E-state index in [1.807, 2.05) is 40.0 Å². The van der Waals surface area contributed by atoms with Crippen LogP contribution in [-0.2, 0) is 4.74 Å². The van der Waals surface area contributed by atoms with Gasteiger partial charge in [0, 0.05) is 5.38 Å². The predicted molar refractivity (Wildman–Crippen MR) is 73.5 cm³/mol. The number of hydrogen-bond acceptors (Lipinski definition) is 5. The van der Waals surface area contributed by atoms with E-state index in [1.165, 1.54) is 11.3 Å². The van der Waals surface area contributed by atoms with Crippen molar-refractivity contribution in [3.63, 3.8) is 0 Å². The topological polar surface area (TPSA) is 77.2 Å². The summed E-state index contributed by atoms with van der Waals surface area (Å²) in [4.78, 5) is 16.0. The van der Waals surface area contributed by atoms with Crippen molar-refractivity contribution in [1.82, 2.24) is 10.3 Å². The molecule has 102 valence electrons. The molecular weight excluding hydrogens is 250 g/mol. The van der Waals surface area contributed by atoms with Crippen LogP contribution in [0.2, 0.25) is 0 Å². The first-order valence-corrected chi connectivity index (χ1v) is 6.77. The summed E-state index contributed by atoms with van der Waals surface area (Å²) in [6.45, 7) is 9.52. The van der Waals surface area contributed by atoms with E-state index in [4.69, 9.17) is 10.5 Å². The number of alkyl carbamates (subject to hydrolysis) is 1. The van der Waals surface area contributed by atoms with E-state index in [9.17, 15) is 4.79 Å². The summed E-state index contributed by atoms with van der Waals surface area (Å²) in [7, 11) is 0. The molecule has 1 rings (SSSR count). The summed E-state index contributed by atoms with van der Waals surface area (Å²) in [6.07, 6.45) is -0.437. The molecule has 1 heterocycles. The van der Waals surface area contributed by atoms with Crippen molar-refractivity contribution in [3.05, 3.63) is 11.1 Å². The lowest BCUT2D eigenvalue weighted by molar-refractivity contribution is 0.0488. The van der Waals surface area contributed by atoms with Crippen LogP contribution >= 0.6 is 11.3 Å². The molecule has 1 unspecified atom stereocenters. The second-order valence-corrected chi connectivity index (χ2v) is 6.37. The lowest BCUT2D eigenvalue weighted by Gasteiger charge is -2.24. The second-order valence-electron chi connectivity index (χ2n) is 5.48. The fraction of sp³-hybridized carbons (Fsp3) is 0.667. The van der Waals surface area contributed by atoms with Crippen LogP contribution in [0, 0.1) is 5.92 Å². The first-order chi connectivity index (χ1) is 8.19. The summed E-state index contributed by atoms with van der Waals surface area (Å²) < 4.78 is 5.24. The third-order valence-corrected chi connectivity index (χ3v) is 2.89. The van der Waals surface area contributed by atoms with Gasteiger partial charge in [-0.25, -0.2) is 9.78 Å². The van der Waals surface area contributed by atoms with Gasteiger partial charge in [0.15, 0.2) is 5.13 Å². The van der Waals surface area contributed by atoms with Crippen LogP contribution in [0.3, 0.4) is 0 Å². The van der Waals surface area contributed by atoms with Crippen molar-refractivity contribution in [2.24, 2.45) is 5.92 Å². The zero-order valence-electron chi connectivity index (χ0n) is 11.5. The Bertz CT molecular complexity index is 410. The maximum absolute atomic E-state index is 11.8. The minimum absolute atomic E-state index is 0.187. The molecule has 1 atom stereocenters. The Morgan fingerprint density at radius 1 is 1.50 bits per heavy atom. The predicted octanol–water partition coefficient (Wildman–Crippen LogP) is 2.95. The van der Waals surface area contributed by atoms with Crippen molar-refractivity contribution in [2.75, 3.05) is 5.73 Å². The summed E-state index contributed by atoms with van der Waals surface area (Å²) in [6, 6.07) is -0.187. The number of hydrogen-bond donors (Lipinski definition) is 2. The van der Waals surface area contributed by atoms with Gasteiger partial charge in [-0.05, 0) is 26.7 Å². The summed E-state index contributed by atoms with van der Waals surface area (Å²) in [5, 5.41) is 5.19. The number of nitrogen functional groups attached to an aromatic ring is 1. The molecule has 6 heteroatoms. The zero-order valence-corrected chi connectivity index (χ0v) is 12.3. The minimum atomic E-state index is -0.507. The Kier molecular flexibility index (Phi) is 4.56. The Hall–Kier alpha value is -1.30. The SMILES string of the molecule is CC(C)C(NC(=O)OC(C)(C)C)c1csc(N)n1. The smallest absolute Gasteiger partial charge is 0.408 e. The summed E-state index contributed by atoms with van der Waals surface area (Å²) in [5.41, 5.74) is 5.88. The zero-order chi connectivity index (χ0) is 13.9. The summed E-state index contributed by atoms with van der Waals surface area (Å²) in [5.74, 6) is 0.207. The molecule has 0 aromatic carbocycles. The van der Waals surface area contributed by atoms with Crippen LogP contribution in [0.5, 0.6) is 0 Å². The number of ether oxygens (including phenoxy) is 1. The highest BCUT2D eigenvalue weighted by atomic mass is 32.1. The van der Waals surface area contributed by atoms with Gasteiger partial charge in [0.1, 0.15) is 5.60 Å². The lowest BCUT2D eigenvalue weighted by atomic mass is 10.0. The van der Waals surface area contributed by atoms with Crippen LogP contribution < -0.4 is 11.1 Å². The highest BCUT2D eigenvalue weighted by molar-refractivity contribution is 7.13. The molecule has 0 aliphatic heterocycles. The van der Waals surface area contributed by atoms with Gasteiger partial charge in [0.05, 0.1) is 11.7 Å². The highest BCUT2D eigenvalue weighted by Crippen LogP contribution is 2.24. The molecule has 1 aromatic heterocycles.